The molecule has 3 rings (SSSR count). The standard InChI is InChI=1S/C18H20ClNO2S/c19-17-10-8-16(9-11-17)18(12-13-18)20-23(21,22)14-4-7-15-5-2-1-3-6-15/h1-3,5-6,8-11,20H,4,7,12-14H2. The van der Waals surface area contributed by atoms with Gasteiger partial charge in [-0.3, -0.25) is 0 Å². The Balaban J connectivity index is 1.59. The van der Waals surface area contributed by atoms with E-state index in [9.17, 15) is 8.42 Å². The van der Waals surface area contributed by atoms with Crippen molar-refractivity contribution in [1.82, 2.24) is 4.72 Å². The zero-order valence-electron chi connectivity index (χ0n) is 12.8. The van der Waals surface area contributed by atoms with Crippen LogP contribution in [-0.4, -0.2) is 14.2 Å². The Morgan fingerprint density at radius 1 is 1.00 bits per heavy atom. The first kappa shape index (κ1) is 16.5. The average molecular weight is 350 g/mol. The summed E-state index contributed by atoms with van der Waals surface area (Å²) in [6.07, 6.45) is 3.07. The highest BCUT2D eigenvalue weighted by Crippen LogP contribution is 2.46. The molecule has 0 heterocycles. The van der Waals surface area contributed by atoms with E-state index in [1.54, 1.807) is 12.1 Å². The van der Waals surface area contributed by atoms with E-state index in [2.05, 4.69) is 4.72 Å². The molecule has 0 atom stereocenters. The van der Waals surface area contributed by atoms with Crippen LogP contribution < -0.4 is 4.72 Å². The molecule has 23 heavy (non-hydrogen) atoms. The smallest absolute Gasteiger partial charge is 0.212 e. The summed E-state index contributed by atoms with van der Waals surface area (Å²) in [5.74, 6) is 0.150. The second kappa shape index (κ2) is 6.63. The molecule has 0 spiro atoms. The molecule has 1 aliphatic rings. The molecule has 0 aliphatic heterocycles. The maximum atomic E-state index is 12.4. The maximum Gasteiger partial charge on any atom is 0.212 e. The molecule has 0 amide bonds. The third-order valence-electron chi connectivity index (χ3n) is 4.22. The number of sulfonamides is 1. The van der Waals surface area contributed by atoms with Gasteiger partial charge in [-0.15, -0.1) is 0 Å². The summed E-state index contributed by atoms with van der Waals surface area (Å²) in [5, 5.41) is 0.662. The van der Waals surface area contributed by atoms with E-state index >= 15 is 0 Å². The lowest BCUT2D eigenvalue weighted by molar-refractivity contribution is 0.549. The number of aryl methyl sites for hydroxylation is 1. The van der Waals surface area contributed by atoms with Crippen molar-refractivity contribution in [3.63, 3.8) is 0 Å². The number of rotatable bonds is 7. The Labute approximate surface area is 142 Å². The zero-order valence-corrected chi connectivity index (χ0v) is 14.4. The lowest BCUT2D eigenvalue weighted by Gasteiger charge is -2.18. The summed E-state index contributed by atoms with van der Waals surface area (Å²) in [6.45, 7) is 0. The van der Waals surface area contributed by atoms with Crippen LogP contribution in [0, 0.1) is 0 Å². The van der Waals surface area contributed by atoms with Gasteiger partial charge in [-0.05, 0) is 48.9 Å². The molecule has 0 aromatic heterocycles. The number of nitrogens with one attached hydrogen (secondary N) is 1. The molecular weight excluding hydrogens is 330 g/mol. The Hall–Kier alpha value is -1.36. The highest BCUT2D eigenvalue weighted by Gasteiger charge is 2.47. The highest BCUT2D eigenvalue weighted by molar-refractivity contribution is 7.89. The van der Waals surface area contributed by atoms with Crippen molar-refractivity contribution in [2.75, 3.05) is 5.75 Å². The quantitative estimate of drug-likeness (QED) is 0.824. The van der Waals surface area contributed by atoms with Crippen LogP contribution in [0.2, 0.25) is 5.02 Å². The summed E-state index contributed by atoms with van der Waals surface area (Å²) >= 11 is 5.90. The third kappa shape index (κ3) is 4.34. The molecule has 3 nitrogen and oxygen atoms in total. The summed E-state index contributed by atoms with van der Waals surface area (Å²) in [7, 11) is -3.29. The van der Waals surface area contributed by atoms with Gasteiger partial charge in [0.2, 0.25) is 10.0 Å². The minimum absolute atomic E-state index is 0.150. The van der Waals surface area contributed by atoms with Crippen molar-refractivity contribution in [1.29, 1.82) is 0 Å². The number of benzene rings is 2. The van der Waals surface area contributed by atoms with Crippen LogP contribution >= 0.6 is 11.6 Å². The van der Waals surface area contributed by atoms with Gasteiger partial charge in [0.15, 0.2) is 0 Å². The topological polar surface area (TPSA) is 46.2 Å². The van der Waals surface area contributed by atoms with Crippen LogP contribution in [0.15, 0.2) is 54.6 Å². The monoisotopic (exact) mass is 349 g/mol. The van der Waals surface area contributed by atoms with E-state index in [0.717, 1.165) is 24.8 Å². The first-order valence-corrected chi connectivity index (χ1v) is 9.84. The maximum absolute atomic E-state index is 12.4. The summed E-state index contributed by atoms with van der Waals surface area (Å²) in [6, 6.07) is 17.4. The molecule has 122 valence electrons. The van der Waals surface area contributed by atoms with Crippen molar-refractivity contribution < 1.29 is 8.42 Å². The normalized spacial score (nSPS) is 16.2. The van der Waals surface area contributed by atoms with Crippen molar-refractivity contribution in [2.45, 2.75) is 31.2 Å². The fraction of sp³-hybridized carbons (Fsp3) is 0.333. The van der Waals surface area contributed by atoms with Crippen LogP contribution in [0.1, 0.15) is 30.4 Å². The summed E-state index contributed by atoms with van der Waals surface area (Å²) in [4.78, 5) is 0. The third-order valence-corrected chi connectivity index (χ3v) is 6.00. The average Bonchev–Trinajstić information content (AvgIpc) is 3.28. The van der Waals surface area contributed by atoms with Gasteiger partial charge in [0, 0.05) is 5.02 Å². The van der Waals surface area contributed by atoms with Crippen molar-refractivity contribution in [3.05, 3.63) is 70.7 Å². The first-order valence-electron chi connectivity index (χ1n) is 7.81. The molecule has 1 saturated carbocycles. The Kier molecular flexibility index (Phi) is 4.76. The minimum Gasteiger partial charge on any atom is -0.212 e. The van der Waals surface area contributed by atoms with E-state index in [1.165, 1.54) is 5.56 Å². The predicted molar refractivity (Wildman–Crippen MR) is 94.0 cm³/mol. The van der Waals surface area contributed by atoms with E-state index < -0.39 is 15.6 Å². The second-order valence-corrected chi connectivity index (χ2v) is 8.38. The number of hydrogen-bond donors (Lipinski definition) is 1. The van der Waals surface area contributed by atoms with E-state index in [1.807, 2.05) is 42.5 Å². The molecular formula is C18H20ClNO2S. The van der Waals surface area contributed by atoms with E-state index in [0.29, 0.717) is 11.4 Å². The van der Waals surface area contributed by atoms with Gasteiger partial charge < -0.3 is 0 Å². The number of hydrogen-bond acceptors (Lipinski definition) is 2. The zero-order chi connectivity index (χ0) is 16.3. The Morgan fingerprint density at radius 3 is 2.26 bits per heavy atom. The van der Waals surface area contributed by atoms with Crippen LogP contribution in [0.5, 0.6) is 0 Å². The summed E-state index contributed by atoms with van der Waals surface area (Å²) < 4.78 is 27.7. The van der Waals surface area contributed by atoms with Gasteiger partial charge in [-0.25, -0.2) is 13.1 Å². The second-order valence-electron chi connectivity index (χ2n) is 6.10. The lowest BCUT2D eigenvalue weighted by Crippen LogP contribution is -2.36. The van der Waals surface area contributed by atoms with Crippen molar-refractivity contribution in [2.24, 2.45) is 0 Å². The first-order chi connectivity index (χ1) is 11.0. The van der Waals surface area contributed by atoms with Gasteiger partial charge in [0.05, 0.1) is 11.3 Å². The highest BCUT2D eigenvalue weighted by atomic mass is 35.5. The predicted octanol–water partition coefficient (Wildman–Crippen LogP) is 3.88. The van der Waals surface area contributed by atoms with Crippen LogP contribution in [0.25, 0.3) is 0 Å². The van der Waals surface area contributed by atoms with Crippen molar-refractivity contribution >= 4 is 21.6 Å². The molecule has 0 unspecified atom stereocenters. The molecule has 1 aliphatic carbocycles. The van der Waals surface area contributed by atoms with Gasteiger partial charge in [0.1, 0.15) is 0 Å². The SMILES string of the molecule is O=S(=O)(CCCc1ccccc1)NC1(c2ccc(Cl)cc2)CC1. The van der Waals surface area contributed by atoms with Crippen LogP contribution in [0.4, 0.5) is 0 Å². The van der Waals surface area contributed by atoms with Gasteiger partial charge in [0.25, 0.3) is 0 Å². The molecule has 0 bridgehead atoms. The Bertz CT molecular complexity index is 753. The van der Waals surface area contributed by atoms with Crippen LogP contribution in [0.3, 0.4) is 0 Å². The molecule has 2 aromatic carbocycles. The molecule has 0 saturated heterocycles. The fourth-order valence-electron chi connectivity index (χ4n) is 2.80. The molecule has 5 heteroatoms. The van der Waals surface area contributed by atoms with Gasteiger partial charge >= 0.3 is 0 Å². The summed E-state index contributed by atoms with van der Waals surface area (Å²) in [5.41, 5.74) is 1.74. The van der Waals surface area contributed by atoms with E-state index in [-0.39, 0.29) is 5.75 Å². The van der Waals surface area contributed by atoms with Crippen molar-refractivity contribution in [3.8, 4) is 0 Å². The molecule has 1 fully saturated rings. The molecule has 1 N–H and O–H groups in total. The molecule has 2 aromatic rings. The van der Waals surface area contributed by atoms with Gasteiger partial charge in [-0.1, -0.05) is 54.1 Å². The Morgan fingerprint density at radius 2 is 1.65 bits per heavy atom. The van der Waals surface area contributed by atoms with Gasteiger partial charge in [-0.2, -0.15) is 0 Å². The minimum atomic E-state index is -3.29. The largest absolute Gasteiger partial charge is 0.212 e. The fourth-order valence-corrected chi connectivity index (χ4v) is 4.47. The molecule has 0 radical (unpaired) electrons. The number of halogens is 1. The lowest BCUT2D eigenvalue weighted by atomic mass is 10.1. The van der Waals surface area contributed by atoms with E-state index in [4.69, 9.17) is 11.6 Å². The van der Waals surface area contributed by atoms with Crippen LogP contribution in [-0.2, 0) is 22.0 Å².